The highest BCUT2D eigenvalue weighted by molar-refractivity contribution is 5.89. The van der Waals surface area contributed by atoms with Gasteiger partial charge in [-0.25, -0.2) is 4.79 Å². The van der Waals surface area contributed by atoms with Crippen molar-refractivity contribution in [2.24, 2.45) is 0 Å². The van der Waals surface area contributed by atoms with Gasteiger partial charge in [-0.15, -0.1) is 0 Å². The van der Waals surface area contributed by atoms with Crippen molar-refractivity contribution in [3.05, 3.63) is 101 Å². The van der Waals surface area contributed by atoms with Gasteiger partial charge in [0.05, 0.1) is 12.7 Å². The second kappa shape index (κ2) is 11.0. The van der Waals surface area contributed by atoms with Crippen LogP contribution in [0.3, 0.4) is 0 Å². The molecule has 158 valence electrons. The molecule has 0 saturated carbocycles. The first-order chi connectivity index (χ1) is 15.1. The maximum Gasteiger partial charge on any atom is 0.338 e. The van der Waals surface area contributed by atoms with Crippen LogP contribution < -0.4 is 4.74 Å². The molecular weight excluding hydrogens is 384 g/mol. The minimum Gasteiger partial charge on any atom is -0.497 e. The van der Waals surface area contributed by atoms with Crippen LogP contribution in [0.15, 0.2) is 72.8 Å². The van der Waals surface area contributed by atoms with Gasteiger partial charge in [-0.3, -0.25) is 0 Å². The zero-order valence-electron chi connectivity index (χ0n) is 18.4. The monoisotopic (exact) mass is 412 g/mol. The van der Waals surface area contributed by atoms with E-state index in [9.17, 15) is 4.79 Å². The third-order valence-corrected chi connectivity index (χ3v) is 5.09. The van der Waals surface area contributed by atoms with E-state index in [1.807, 2.05) is 43.3 Å². The number of ether oxygens (including phenoxy) is 2. The Bertz CT molecular complexity index is 1050. The Morgan fingerprint density at radius 3 is 2.19 bits per heavy atom. The summed E-state index contributed by atoms with van der Waals surface area (Å²) < 4.78 is 10.8. The third-order valence-electron chi connectivity index (χ3n) is 5.09. The van der Waals surface area contributed by atoms with Gasteiger partial charge in [0, 0.05) is 11.1 Å². The predicted octanol–water partition coefficient (Wildman–Crippen LogP) is 6.36. The van der Waals surface area contributed by atoms with Crippen LogP contribution >= 0.6 is 0 Å². The Balaban J connectivity index is 1.61. The molecule has 3 heteroatoms. The lowest BCUT2D eigenvalue weighted by Crippen LogP contribution is -2.09. The van der Waals surface area contributed by atoms with Crippen molar-refractivity contribution in [3.63, 3.8) is 0 Å². The summed E-state index contributed by atoms with van der Waals surface area (Å²) in [6, 6.07) is 23.1. The number of unbranched alkanes of at least 4 members (excludes halogenated alkanes) is 1. The fourth-order valence-electron chi connectivity index (χ4n) is 3.16. The summed E-state index contributed by atoms with van der Waals surface area (Å²) in [5.41, 5.74) is 4.57. The molecule has 3 aromatic rings. The molecular formula is C28H28O3. The van der Waals surface area contributed by atoms with Gasteiger partial charge in [-0.1, -0.05) is 49.5 Å². The summed E-state index contributed by atoms with van der Waals surface area (Å²) in [6.45, 7) is 4.05. The molecule has 0 bridgehead atoms. The van der Waals surface area contributed by atoms with Gasteiger partial charge in [-0.2, -0.15) is 0 Å². The van der Waals surface area contributed by atoms with Crippen LogP contribution in [-0.2, 0) is 11.2 Å². The standard InChI is InChI=1S/C28H28O3/c1-4-5-7-22-10-12-23(13-11-22)14-15-24-16-18-25(19-17-24)28(29)31-21(2)26-8-6-9-27(20-26)30-3/h6,8-13,16-21H,4-5,7H2,1-3H3. The molecule has 1 unspecified atom stereocenters. The molecule has 31 heavy (non-hydrogen) atoms. The molecule has 0 amide bonds. The molecule has 0 aliphatic rings. The van der Waals surface area contributed by atoms with Crippen LogP contribution in [0.2, 0.25) is 0 Å². The summed E-state index contributed by atoms with van der Waals surface area (Å²) in [7, 11) is 1.61. The van der Waals surface area contributed by atoms with Crippen LogP contribution in [0.4, 0.5) is 0 Å². The van der Waals surface area contributed by atoms with E-state index in [1.165, 1.54) is 18.4 Å². The van der Waals surface area contributed by atoms with E-state index in [1.54, 1.807) is 19.2 Å². The molecule has 0 fully saturated rings. The molecule has 1 atom stereocenters. The molecule has 0 aliphatic heterocycles. The lowest BCUT2D eigenvalue weighted by atomic mass is 10.1. The number of hydrogen-bond acceptors (Lipinski definition) is 3. The highest BCUT2D eigenvalue weighted by Gasteiger charge is 2.14. The number of carbonyl (C=O) groups excluding carboxylic acids is 1. The van der Waals surface area contributed by atoms with E-state index < -0.39 is 0 Å². The van der Waals surface area contributed by atoms with E-state index in [0.717, 1.165) is 28.9 Å². The molecule has 0 N–H and O–H groups in total. The van der Waals surface area contributed by atoms with Gasteiger partial charge in [0.2, 0.25) is 0 Å². The van der Waals surface area contributed by atoms with Crippen molar-refractivity contribution in [1.29, 1.82) is 0 Å². The molecule has 3 nitrogen and oxygen atoms in total. The molecule has 0 aliphatic carbocycles. The normalized spacial score (nSPS) is 11.2. The molecule has 0 saturated heterocycles. The van der Waals surface area contributed by atoms with Crippen molar-refractivity contribution < 1.29 is 14.3 Å². The number of aryl methyl sites for hydroxylation is 1. The van der Waals surface area contributed by atoms with Crippen molar-refractivity contribution in [2.75, 3.05) is 7.11 Å². The average Bonchev–Trinajstić information content (AvgIpc) is 2.82. The van der Waals surface area contributed by atoms with Crippen LogP contribution in [-0.4, -0.2) is 13.1 Å². The highest BCUT2D eigenvalue weighted by Crippen LogP contribution is 2.22. The number of methoxy groups -OCH3 is 1. The smallest absolute Gasteiger partial charge is 0.338 e. The highest BCUT2D eigenvalue weighted by atomic mass is 16.5. The predicted molar refractivity (Wildman–Crippen MR) is 124 cm³/mol. The summed E-state index contributed by atoms with van der Waals surface area (Å²) in [4.78, 5) is 12.5. The molecule has 3 aromatic carbocycles. The van der Waals surface area contributed by atoms with Crippen LogP contribution in [0.5, 0.6) is 5.75 Å². The first-order valence-corrected chi connectivity index (χ1v) is 10.6. The summed E-state index contributed by atoms with van der Waals surface area (Å²) in [6.07, 6.45) is 3.14. The summed E-state index contributed by atoms with van der Waals surface area (Å²) in [5.74, 6) is 6.70. The SMILES string of the molecule is CCCCc1ccc(C#Cc2ccc(C(=O)OC(C)c3cccc(OC)c3)cc2)cc1. The number of esters is 1. The summed E-state index contributed by atoms with van der Waals surface area (Å²) >= 11 is 0. The zero-order chi connectivity index (χ0) is 22.1. The molecule has 0 heterocycles. The van der Waals surface area contributed by atoms with Gasteiger partial charge < -0.3 is 9.47 Å². The van der Waals surface area contributed by atoms with E-state index in [2.05, 4.69) is 43.0 Å². The number of hydrogen-bond donors (Lipinski definition) is 0. The van der Waals surface area contributed by atoms with Gasteiger partial charge >= 0.3 is 5.97 Å². The number of benzene rings is 3. The minimum atomic E-state index is -0.373. The molecule has 0 radical (unpaired) electrons. The second-order valence-corrected chi connectivity index (χ2v) is 7.45. The maximum atomic E-state index is 12.5. The van der Waals surface area contributed by atoms with Crippen molar-refractivity contribution in [1.82, 2.24) is 0 Å². The fraction of sp³-hybridized carbons (Fsp3) is 0.250. The van der Waals surface area contributed by atoms with Gasteiger partial charge in [0.25, 0.3) is 0 Å². The topological polar surface area (TPSA) is 35.5 Å². The van der Waals surface area contributed by atoms with Gasteiger partial charge in [0.1, 0.15) is 11.9 Å². The summed E-state index contributed by atoms with van der Waals surface area (Å²) in [5, 5.41) is 0. The lowest BCUT2D eigenvalue weighted by molar-refractivity contribution is 0.0337. The lowest BCUT2D eigenvalue weighted by Gasteiger charge is -2.14. The third kappa shape index (κ3) is 6.49. The van der Waals surface area contributed by atoms with Crippen molar-refractivity contribution in [2.45, 2.75) is 39.2 Å². The Hall–Kier alpha value is -3.51. The molecule has 0 spiro atoms. The largest absolute Gasteiger partial charge is 0.497 e. The first-order valence-electron chi connectivity index (χ1n) is 10.6. The minimum absolute atomic E-state index is 0.363. The Kier molecular flexibility index (Phi) is 7.90. The Labute approximate surface area is 185 Å². The Morgan fingerprint density at radius 2 is 1.58 bits per heavy atom. The average molecular weight is 413 g/mol. The first kappa shape index (κ1) is 22.2. The zero-order valence-corrected chi connectivity index (χ0v) is 18.4. The quantitative estimate of drug-likeness (QED) is 0.335. The van der Waals surface area contributed by atoms with E-state index in [4.69, 9.17) is 9.47 Å². The maximum absolute atomic E-state index is 12.5. The number of rotatable bonds is 7. The number of carbonyl (C=O) groups is 1. The van der Waals surface area contributed by atoms with E-state index in [0.29, 0.717) is 5.56 Å². The Morgan fingerprint density at radius 1 is 0.935 bits per heavy atom. The fourth-order valence-corrected chi connectivity index (χ4v) is 3.16. The molecule has 0 aromatic heterocycles. The van der Waals surface area contributed by atoms with E-state index >= 15 is 0 Å². The van der Waals surface area contributed by atoms with E-state index in [-0.39, 0.29) is 12.1 Å². The molecule has 3 rings (SSSR count). The second-order valence-electron chi connectivity index (χ2n) is 7.45. The van der Waals surface area contributed by atoms with Crippen molar-refractivity contribution in [3.8, 4) is 17.6 Å². The van der Waals surface area contributed by atoms with Crippen LogP contribution in [0.1, 0.15) is 65.4 Å². The van der Waals surface area contributed by atoms with Gasteiger partial charge in [-0.05, 0) is 79.4 Å². The van der Waals surface area contributed by atoms with Gasteiger partial charge in [0.15, 0.2) is 0 Å². The van der Waals surface area contributed by atoms with Crippen LogP contribution in [0.25, 0.3) is 0 Å². The van der Waals surface area contributed by atoms with Crippen LogP contribution in [0, 0.1) is 11.8 Å². The van der Waals surface area contributed by atoms with Crippen molar-refractivity contribution >= 4 is 5.97 Å².